The van der Waals surface area contributed by atoms with Gasteiger partial charge in [-0.1, -0.05) is 37.5 Å². The summed E-state index contributed by atoms with van der Waals surface area (Å²) in [6.45, 7) is 16.1. The summed E-state index contributed by atoms with van der Waals surface area (Å²) in [5, 5.41) is 3.40. The van der Waals surface area contributed by atoms with Crippen LogP contribution < -0.4 is 10.8 Å². The minimum atomic E-state index is -0.396. The van der Waals surface area contributed by atoms with Gasteiger partial charge in [0.1, 0.15) is 5.78 Å². The van der Waals surface area contributed by atoms with E-state index in [2.05, 4.69) is 56.9 Å². The zero-order valence-corrected chi connectivity index (χ0v) is 18.9. The Morgan fingerprint density at radius 1 is 1.22 bits per heavy atom. The molecular weight excluding hydrogens is 353 g/mol. The second-order valence-corrected chi connectivity index (χ2v) is 10.3. The molecule has 1 saturated heterocycles. The third-order valence-electron chi connectivity index (χ3n) is 6.18. The van der Waals surface area contributed by atoms with E-state index in [0.717, 1.165) is 37.0 Å². The van der Waals surface area contributed by atoms with Crippen molar-refractivity contribution in [1.82, 2.24) is 5.32 Å². The van der Waals surface area contributed by atoms with Crippen LogP contribution in [0.2, 0.25) is 0 Å². The lowest BCUT2D eigenvalue weighted by Gasteiger charge is -2.39. The molecule has 0 amide bonds. The molecule has 0 atom stereocenters. The first-order valence-electron chi connectivity index (χ1n) is 10.0. The maximum atomic E-state index is 13.2. The number of aryl methyl sites for hydroxylation is 1. The molecule has 1 aromatic carbocycles. The fourth-order valence-corrected chi connectivity index (χ4v) is 3.76. The minimum Gasteiger partial charge on any atom is -0.428 e. The highest BCUT2D eigenvalue weighted by atomic mass is 32.1. The number of carbonyl (C=O) groups excluding carboxylic acids is 1. The first-order valence-corrected chi connectivity index (χ1v) is 10.4. The van der Waals surface area contributed by atoms with Crippen LogP contribution in [0, 0.1) is 12.8 Å². The summed E-state index contributed by atoms with van der Waals surface area (Å²) >= 11 is 4.65. The highest BCUT2D eigenvalue weighted by Gasteiger charge is 2.42. The molecule has 1 N–H and O–H groups in total. The van der Waals surface area contributed by atoms with Crippen LogP contribution in [0.3, 0.4) is 0 Å². The smallest absolute Gasteiger partial charge is 0.330 e. The van der Waals surface area contributed by atoms with E-state index in [0.29, 0.717) is 5.78 Å². The number of hydrogen-bond acceptors (Lipinski definition) is 4. The van der Waals surface area contributed by atoms with E-state index in [1.165, 1.54) is 5.56 Å². The van der Waals surface area contributed by atoms with Gasteiger partial charge < -0.3 is 9.97 Å². The quantitative estimate of drug-likeness (QED) is 0.554. The average Bonchev–Trinajstić information content (AvgIpc) is 2.59. The molecule has 1 aliphatic heterocycles. The lowest BCUT2D eigenvalue weighted by molar-refractivity contribution is -0.128. The Morgan fingerprint density at radius 3 is 2.30 bits per heavy atom. The van der Waals surface area contributed by atoms with Crippen molar-refractivity contribution in [1.29, 1.82) is 0 Å². The van der Waals surface area contributed by atoms with Crippen molar-refractivity contribution >= 4 is 31.4 Å². The molecule has 1 radical (unpaired) electrons. The molecule has 1 aliphatic rings. The SMILES string of the molecule is Cc1cc([B]OC(C)(C)C(C)(C)S)ccc1C1(C(=O)C(C)C)CCNCC1. The molecule has 1 aromatic rings. The molecule has 5 heteroatoms. The van der Waals surface area contributed by atoms with Crippen molar-refractivity contribution in [2.75, 3.05) is 13.1 Å². The van der Waals surface area contributed by atoms with Gasteiger partial charge in [0.2, 0.25) is 0 Å². The summed E-state index contributed by atoms with van der Waals surface area (Å²) in [6.07, 6.45) is 1.73. The van der Waals surface area contributed by atoms with Gasteiger partial charge in [0.15, 0.2) is 0 Å². The van der Waals surface area contributed by atoms with Gasteiger partial charge in [-0.15, -0.1) is 0 Å². The van der Waals surface area contributed by atoms with E-state index in [-0.39, 0.29) is 16.1 Å². The molecule has 3 nitrogen and oxygen atoms in total. The molecule has 0 saturated carbocycles. The van der Waals surface area contributed by atoms with Gasteiger partial charge in [0, 0.05) is 10.7 Å². The van der Waals surface area contributed by atoms with E-state index < -0.39 is 5.60 Å². The first-order chi connectivity index (χ1) is 12.4. The van der Waals surface area contributed by atoms with Crippen molar-refractivity contribution in [3.8, 4) is 0 Å². The van der Waals surface area contributed by atoms with E-state index in [1.54, 1.807) is 0 Å². The topological polar surface area (TPSA) is 38.3 Å². The van der Waals surface area contributed by atoms with Crippen LogP contribution in [0.4, 0.5) is 0 Å². The molecular formula is C22H35BNO2S. The van der Waals surface area contributed by atoms with Crippen molar-refractivity contribution < 1.29 is 9.45 Å². The van der Waals surface area contributed by atoms with Crippen molar-refractivity contribution in [3.05, 3.63) is 29.3 Å². The maximum absolute atomic E-state index is 13.2. The standard InChI is InChI=1S/C22H35BNO2S/c1-15(2)19(25)22(10-12-24-13-11-22)18-9-8-17(14-16(18)3)23-26-20(4,5)21(6,7)27/h8-9,14-15,24,27H,10-13H2,1-7H3. The number of rotatable bonds is 7. The minimum absolute atomic E-state index is 0.0375. The van der Waals surface area contributed by atoms with E-state index in [4.69, 9.17) is 4.65 Å². The fourth-order valence-electron chi connectivity index (χ4n) is 3.71. The van der Waals surface area contributed by atoms with Crippen LogP contribution >= 0.6 is 12.6 Å². The highest BCUT2D eigenvalue weighted by Crippen LogP contribution is 2.38. The van der Waals surface area contributed by atoms with Crippen LogP contribution in [-0.4, -0.2) is 36.7 Å². The van der Waals surface area contributed by atoms with Gasteiger partial charge in [-0.05, 0) is 71.7 Å². The van der Waals surface area contributed by atoms with Gasteiger partial charge >= 0.3 is 7.48 Å². The van der Waals surface area contributed by atoms with E-state index >= 15 is 0 Å². The molecule has 149 valence electrons. The Bertz CT molecular complexity index is 673. The van der Waals surface area contributed by atoms with Gasteiger partial charge in [-0.2, -0.15) is 12.6 Å². The zero-order valence-electron chi connectivity index (χ0n) is 18.0. The number of benzene rings is 1. The Morgan fingerprint density at radius 2 is 1.81 bits per heavy atom. The summed E-state index contributed by atoms with van der Waals surface area (Å²) in [6, 6.07) is 6.34. The monoisotopic (exact) mass is 388 g/mol. The third kappa shape index (κ3) is 4.80. The van der Waals surface area contributed by atoms with Crippen LogP contribution in [0.5, 0.6) is 0 Å². The number of carbonyl (C=O) groups is 1. The molecule has 0 unspecified atom stereocenters. The zero-order chi connectivity index (χ0) is 20.5. The Hall–Kier alpha value is -0.775. The average molecular weight is 388 g/mol. The number of thiol groups is 1. The van der Waals surface area contributed by atoms with Gasteiger partial charge in [0.05, 0.1) is 11.0 Å². The summed E-state index contributed by atoms with van der Waals surface area (Å²) in [4.78, 5) is 13.2. The van der Waals surface area contributed by atoms with E-state index in [1.807, 2.05) is 35.2 Å². The summed E-state index contributed by atoms with van der Waals surface area (Å²) in [7, 11) is 1.81. The molecule has 0 aromatic heterocycles. The lowest BCUT2D eigenvalue weighted by atomic mass is 9.65. The maximum Gasteiger partial charge on any atom is 0.330 e. The highest BCUT2D eigenvalue weighted by molar-refractivity contribution is 7.81. The van der Waals surface area contributed by atoms with Crippen molar-refractivity contribution in [2.24, 2.45) is 5.92 Å². The Balaban J connectivity index is 2.28. The third-order valence-corrected chi connectivity index (χ3v) is 6.72. The number of piperidine rings is 1. The number of ketones is 1. The normalized spacial score (nSPS) is 17.8. The number of nitrogens with one attached hydrogen (secondary N) is 1. The molecule has 0 spiro atoms. The van der Waals surface area contributed by atoms with Gasteiger partial charge in [-0.25, -0.2) is 0 Å². The summed E-state index contributed by atoms with van der Waals surface area (Å²) < 4.78 is 5.79. The second-order valence-electron chi connectivity index (χ2n) is 9.23. The number of hydrogen-bond donors (Lipinski definition) is 2. The lowest BCUT2D eigenvalue weighted by Crippen LogP contribution is -2.48. The molecule has 27 heavy (non-hydrogen) atoms. The fraction of sp³-hybridized carbons (Fsp3) is 0.682. The number of Topliss-reactive ketones (excluding diaryl/α,β-unsaturated/α-hetero) is 1. The van der Waals surface area contributed by atoms with Gasteiger partial charge in [0.25, 0.3) is 0 Å². The van der Waals surface area contributed by atoms with Gasteiger partial charge in [-0.3, -0.25) is 4.79 Å². The van der Waals surface area contributed by atoms with Crippen LogP contribution in [-0.2, 0) is 14.9 Å². The first kappa shape index (κ1) is 22.5. The van der Waals surface area contributed by atoms with Crippen LogP contribution in [0.1, 0.15) is 65.5 Å². The second kappa shape index (κ2) is 8.30. The van der Waals surface area contributed by atoms with Crippen molar-refractivity contribution in [3.63, 3.8) is 0 Å². The van der Waals surface area contributed by atoms with Crippen LogP contribution in [0.15, 0.2) is 18.2 Å². The summed E-state index contributed by atoms with van der Waals surface area (Å²) in [5.41, 5.74) is 2.59. The largest absolute Gasteiger partial charge is 0.428 e. The molecule has 1 fully saturated rings. The predicted octanol–water partition coefficient (Wildman–Crippen LogP) is 3.59. The van der Waals surface area contributed by atoms with Crippen LogP contribution in [0.25, 0.3) is 0 Å². The Labute approximate surface area is 171 Å². The molecule has 0 bridgehead atoms. The summed E-state index contributed by atoms with van der Waals surface area (Å²) in [5.74, 6) is 0.397. The molecule has 2 rings (SSSR count). The van der Waals surface area contributed by atoms with E-state index in [9.17, 15) is 4.79 Å². The van der Waals surface area contributed by atoms with Crippen molar-refractivity contribution in [2.45, 2.75) is 77.1 Å². The molecule has 1 heterocycles. The molecule has 0 aliphatic carbocycles. The Kier molecular flexibility index (Phi) is 6.92. The predicted molar refractivity (Wildman–Crippen MR) is 118 cm³/mol.